The first kappa shape index (κ1) is 16.7. The molecule has 0 aliphatic rings. The number of aliphatic hydroxyl groups excluding tert-OH is 1. The van der Waals surface area contributed by atoms with E-state index in [0.717, 1.165) is 24.2 Å². The van der Waals surface area contributed by atoms with Crippen molar-refractivity contribution in [3.8, 4) is 5.75 Å². The van der Waals surface area contributed by atoms with Crippen LogP contribution in [0.15, 0.2) is 35.9 Å². The third kappa shape index (κ3) is 6.73. The Morgan fingerprint density at radius 1 is 1.30 bits per heavy atom. The topological polar surface area (TPSA) is 38.7 Å². The molecule has 0 saturated heterocycles. The Bertz CT molecular complexity index is 395. The molecule has 0 saturated carbocycles. The molecule has 0 aliphatic carbocycles. The van der Waals surface area contributed by atoms with Crippen molar-refractivity contribution in [3.63, 3.8) is 0 Å². The number of hydrogen-bond donors (Lipinski definition) is 1. The quantitative estimate of drug-likeness (QED) is 0.702. The maximum Gasteiger partial charge on any atom is 0.118 e. The standard InChI is InChI=1S/C17H26O3/c1-14(5-4-10-18)11-15(2)12-20-13-16-6-8-17(19-3)9-7-16/h6-9,11,15,18H,4-5,10,12-13H2,1-3H3/b14-11-/t15-/m1/s1. The molecule has 0 unspecified atom stereocenters. The summed E-state index contributed by atoms with van der Waals surface area (Å²) >= 11 is 0. The largest absolute Gasteiger partial charge is 0.497 e. The van der Waals surface area contributed by atoms with Crippen molar-refractivity contribution in [1.82, 2.24) is 0 Å². The summed E-state index contributed by atoms with van der Waals surface area (Å²) in [7, 11) is 1.67. The van der Waals surface area contributed by atoms with Gasteiger partial charge in [0.15, 0.2) is 0 Å². The minimum atomic E-state index is 0.257. The molecule has 0 amide bonds. The first-order chi connectivity index (χ1) is 9.65. The molecule has 1 atom stereocenters. The van der Waals surface area contributed by atoms with Gasteiger partial charge in [-0.3, -0.25) is 0 Å². The van der Waals surface area contributed by atoms with Gasteiger partial charge >= 0.3 is 0 Å². The third-order valence-corrected chi connectivity index (χ3v) is 3.11. The fraction of sp³-hybridized carbons (Fsp3) is 0.529. The van der Waals surface area contributed by atoms with Gasteiger partial charge < -0.3 is 14.6 Å². The van der Waals surface area contributed by atoms with Gasteiger partial charge in [0.05, 0.1) is 20.3 Å². The van der Waals surface area contributed by atoms with Crippen molar-refractivity contribution >= 4 is 0 Å². The second kappa shape index (κ2) is 9.56. The molecule has 0 aromatic heterocycles. The van der Waals surface area contributed by atoms with Gasteiger partial charge in [-0.1, -0.05) is 30.7 Å². The molecule has 20 heavy (non-hydrogen) atoms. The molecule has 0 radical (unpaired) electrons. The number of allylic oxidation sites excluding steroid dienone is 1. The Kier molecular flexibility index (Phi) is 8.00. The van der Waals surface area contributed by atoms with Crippen molar-refractivity contribution in [2.75, 3.05) is 20.3 Å². The smallest absolute Gasteiger partial charge is 0.118 e. The predicted octanol–water partition coefficient (Wildman–Crippen LogP) is 3.57. The van der Waals surface area contributed by atoms with E-state index in [9.17, 15) is 0 Å². The van der Waals surface area contributed by atoms with E-state index in [1.165, 1.54) is 5.57 Å². The molecule has 0 bridgehead atoms. The summed E-state index contributed by atoms with van der Waals surface area (Å²) in [5, 5.41) is 8.79. The third-order valence-electron chi connectivity index (χ3n) is 3.11. The summed E-state index contributed by atoms with van der Waals surface area (Å²) in [5.74, 6) is 1.26. The summed E-state index contributed by atoms with van der Waals surface area (Å²) in [6, 6.07) is 7.93. The van der Waals surface area contributed by atoms with Gasteiger partial charge in [0.2, 0.25) is 0 Å². The average molecular weight is 278 g/mol. The maximum atomic E-state index is 8.79. The Labute approximate surface area is 122 Å². The average Bonchev–Trinajstić information content (AvgIpc) is 2.45. The minimum absolute atomic E-state index is 0.257. The van der Waals surface area contributed by atoms with E-state index in [4.69, 9.17) is 14.6 Å². The molecule has 1 aromatic carbocycles. The van der Waals surface area contributed by atoms with Crippen LogP contribution in [0.4, 0.5) is 0 Å². The SMILES string of the molecule is COc1ccc(COC[C@H](C)/C=C(/C)CCCO)cc1. The summed E-state index contributed by atoms with van der Waals surface area (Å²) in [4.78, 5) is 0. The highest BCUT2D eigenvalue weighted by atomic mass is 16.5. The zero-order valence-electron chi connectivity index (χ0n) is 12.8. The highest BCUT2D eigenvalue weighted by Crippen LogP contribution is 2.13. The fourth-order valence-corrected chi connectivity index (χ4v) is 2.06. The van der Waals surface area contributed by atoms with Crippen LogP contribution in [-0.2, 0) is 11.3 Å². The molecular weight excluding hydrogens is 252 g/mol. The number of benzene rings is 1. The van der Waals surface area contributed by atoms with Crippen molar-refractivity contribution < 1.29 is 14.6 Å². The van der Waals surface area contributed by atoms with Crippen LogP contribution < -0.4 is 4.74 Å². The van der Waals surface area contributed by atoms with E-state index in [1.54, 1.807) is 7.11 Å². The first-order valence-electron chi connectivity index (χ1n) is 7.14. The number of rotatable bonds is 9. The highest BCUT2D eigenvalue weighted by Gasteiger charge is 2.01. The molecule has 3 nitrogen and oxygen atoms in total. The second-order valence-electron chi connectivity index (χ2n) is 5.18. The van der Waals surface area contributed by atoms with Gasteiger partial charge in [0, 0.05) is 6.61 Å². The summed E-state index contributed by atoms with van der Waals surface area (Å²) in [6.07, 6.45) is 4.02. The normalized spacial score (nSPS) is 13.3. The molecule has 0 heterocycles. The molecule has 1 N–H and O–H groups in total. The molecule has 3 heteroatoms. The minimum Gasteiger partial charge on any atom is -0.497 e. The van der Waals surface area contributed by atoms with Gasteiger partial charge in [-0.15, -0.1) is 0 Å². The molecule has 0 aliphatic heterocycles. The van der Waals surface area contributed by atoms with Crippen LogP contribution in [0, 0.1) is 5.92 Å². The zero-order valence-corrected chi connectivity index (χ0v) is 12.8. The van der Waals surface area contributed by atoms with Gasteiger partial charge in [0.25, 0.3) is 0 Å². The lowest BCUT2D eigenvalue weighted by Crippen LogP contribution is -2.04. The maximum absolute atomic E-state index is 8.79. The van der Waals surface area contributed by atoms with Crippen molar-refractivity contribution in [3.05, 3.63) is 41.5 Å². The lowest BCUT2D eigenvalue weighted by molar-refractivity contribution is 0.104. The molecule has 0 spiro atoms. The number of aliphatic hydroxyl groups is 1. The Morgan fingerprint density at radius 2 is 2.00 bits per heavy atom. The van der Waals surface area contributed by atoms with E-state index >= 15 is 0 Å². The van der Waals surface area contributed by atoms with Crippen LogP contribution in [0.2, 0.25) is 0 Å². The zero-order chi connectivity index (χ0) is 14.8. The molecular formula is C17H26O3. The lowest BCUT2D eigenvalue weighted by Gasteiger charge is -2.10. The van der Waals surface area contributed by atoms with Gasteiger partial charge in [-0.05, 0) is 43.4 Å². The fourth-order valence-electron chi connectivity index (χ4n) is 2.06. The van der Waals surface area contributed by atoms with Crippen molar-refractivity contribution in [1.29, 1.82) is 0 Å². The highest BCUT2D eigenvalue weighted by molar-refractivity contribution is 5.26. The predicted molar refractivity (Wildman–Crippen MR) is 81.9 cm³/mol. The molecule has 112 valence electrons. The number of hydrogen-bond acceptors (Lipinski definition) is 3. The first-order valence-corrected chi connectivity index (χ1v) is 7.14. The van der Waals surface area contributed by atoms with Crippen LogP contribution in [0.1, 0.15) is 32.3 Å². The van der Waals surface area contributed by atoms with E-state index < -0.39 is 0 Å². The Morgan fingerprint density at radius 3 is 2.60 bits per heavy atom. The van der Waals surface area contributed by atoms with Crippen LogP contribution in [-0.4, -0.2) is 25.4 Å². The monoisotopic (exact) mass is 278 g/mol. The van der Waals surface area contributed by atoms with Crippen LogP contribution in [0.5, 0.6) is 5.75 Å². The van der Waals surface area contributed by atoms with E-state index in [2.05, 4.69) is 19.9 Å². The molecule has 1 rings (SSSR count). The van der Waals surface area contributed by atoms with E-state index in [0.29, 0.717) is 19.1 Å². The van der Waals surface area contributed by atoms with Gasteiger partial charge in [0.1, 0.15) is 5.75 Å². The molecule has 0 fully saturated rings. The van der Waals surface area contributed by atoms with Gasteiger partial charge in [-0.2, -0.15) is 0 Å². The van der Waals surface area contributed by atoms with E-state index in [-0.39, 0.29) is 6.61 Å². The van der Waals surface area contributed by atoms with Crippen molar-refractivity contribution in [2.24, 2.45) is 5.92 Å². The lowest BCUT2D eigenvalue weighted by atomic mass is 10.1. The van der Waals surface area contributed by atoms with Crippen molar-refractivity contribution in [2.45, 2.75) is 33.3 Å². The number of ether oxygens (including phenoxy) is 2. The van der Waals surface area contributed by atoms with Crippen LogP contribution in [0.25, 0.3) is 0 Å². The number of methoxy groups -OCH3 is 1. The van der Waals surface area contributed by atoms with Gasteiger partial charge in [-0.25, -0.2) is 0 Å². The summed E-state index contributed by atoms with van der Waals surface area (Å²) in [5.41, 5.74) is 2.47. The van der Waals surface area contributed by atoms with Crippen LogP contribution >= 0.6 is 0 Å². The van der Waals surface area contributed by atoms with Crippen LogP contribution in [0.3, 0.4) is 0 Å². The molecule has 1 aromatic rings. The van der Waals surface area contributed by atoms with E-state index in [1.807, 2.05) is 24.3 Å². The Balaban J connectivity index is 2.28. The summed E-state index contributed by atoms with van der Waals surface area (Å²) < 4.78 is 10.8. The Hall–Kier alpha value is -1.32. The second-order valence-corrected chi connectivity index (χ2v) is 5.18. The summed E-state index contributed by atoms with van der Waals surface area (Å²) in [6.45, 7) is 5.85.